The molecule has 0 unspecified atom stereocenters. The fraction of sp³-hybridized carbons (Fsp3) is 0.400. The van der Waals surface area contributed by atoms with E-state index in [0.29, 0.717) is 5.75 Å². The van der Waals surface area contributed by atoms with Crippen molar-refractivity contribution in [2.24, 2.45) is 5.92 Å². The molecule has 0 amide bonds. The molecule has 0 bridgehead atoms. The Bertz CT molecular complexity index is 330. The van der Waals surface area contributed by atoms with Crippen LogP contribution >= 0.6 is 11.6 Å². The van der Waals surface area contributed by atoms with Gasteiger partial charge in [-0.15, -0.1) is 0 Å². The lowest BCUT2D eigenvalue weighted by molar-refractivity contribution is -0.137. The van der Waals surface area contributed by atoms with E-state index in [1.54, 1.807) is 26.1 Å². The van der Waals surface area contributed by atoms with Crippen molar-refractivity contribution in [1.82, 2.24) is 4.98 Å². The Morgan fingerprint density at radius 3 is 2.71 bits per heavy atom. The van der Waals surface area contributed by atoms with Crippen LogP contribution < -0.4 is 4.74 Å². The molecule has 0 saturated carbocycles. The molecule has 1 rings (SSSR count). The number of aromatic nitrogens is 1. The molecule has 0 aliphatic carbocycles. The zero-order valence-corrected chi connectivity index (χ0v) is 9.13. The molecule has 4 heteroatoms. The minimum absolute atomic E-state index is 0.175. The third-order valence-electron chi connectivity index (χ3n) is 1.73. The Hall–Kier alpha value is -1.09. The topological polar surface area (TPSA) is 39.2 Å². The summed E-state index contributed by atoms with van der Waals surface area (Å²) in [4.78, 5) is 15.1. The Kier molecular flexibility index (Phi) is 3.47. The number of carbonyl (C=O) groups is 1. The quantitative estimate of drug-likeness (QED) is 0.560. The van der Waals surface area contributed by atoms with Gasteiger partial charge in [-0.05, 0) is 18.6 Å². The average Bonchev–Trinajstić information content (AvgIpc) is 2.11. The van der Waals surface area contributed by atoms with Gasteiger partial charge in [0.05, 0.1) is 5.92 Å². The first-order valence-corrected chi connectivity index (χ1v) is 4.73. The summed E-state index contributed by atoms with van der Waals surface area (Å²) in [5.74, 6) is -0.124. The summed E-state index contributed by atoms with van der Waals surface area (Å²) in [6.07, 6.45) is 1.57. The third kappa shape index (κ3) is 2.45. The molecule has 0 radical (unpaired) electrons. The number of esters is 1. The Labute approximate surface area is 88.1 Å². The number of nitrogens with zero attached hydrogens (tertiary/aromatic N) is 1. The molecule has 0 N–H and O–H groups in total. The molecule has 3 nitrogen and oxygen atoms in total. The number of carbonyl (C=O) groups excluding carboxylic acids is 1. The zero-order valence-electron chi connectivity index (χ0n) is 8.37. The smallest absolute Gasteiger partial charge is 0.313 e. The highest BCUT2D eigenvalue weighted by Gasteiger charge is 2.14. The van der Waals surface area contributed by atoms with Crippen molar-refractivity contribution >= 4 is 17.6 Å². The second kappa shape index (κ2) is 4.42. The standard InChI is InChI=1S/C10H12ClNO2/c1-6(2)10(13)14-8-7(3)4-5-12-9(8)11/h4-6H,1-3H3. The first-order chi connectivity index (χ1) is 6.52. The maximum atomic E-state index is 11.3. The first-order valence-electron chi connectivity index (χ1n) is 4.35. The molecule has 0 atom stereocenters. The molecule has 0 fully saturated rings. The lowest BCUT2D eigenvalue weighted by Crippen LogP contribution is -2.15. The molecule has 0 aliphatic heterocycles. The van der Waals surface area contributed by atoms with Gasteiger partial charge in [0.2, 0.25) is 0 Å². The molecule has 0 aliphatic rings. The van der Waals surface area contributed by atoms with Gasteiger partial charge in [-0.3, -0.25) is 4.79 Å². The van der Waals surface area contributed by atoms with Gasteiger partial charge in [-0.25, -0.2) is 4.98 Å². The van der Waals surface area contributed by atoms with E-state index < -0.39 is 0 Å². The van der Waals surface area contributed by atoms with Crippen LogP contribution in [-0.4, -0.2) is 11.0 Å². The molecular weight excluding hydrogens is 202 g/mol. The van der Waals surface area contributed by atoms with Crippen LogP contribution in [0.25, 0.3) is 0 Å². The first kappa shape index (κ1) is 11.0. The van der Waals surface area contributed by atoms with E-state index in [1.165, 1.54) is 0 Å². The van der Waals surface area contributed by atoms with E-state index in [-0.39, 0.29) is 17.0 Å². The Morgan fingerprint density at radius 2 is 2.21 bits per heavy atom. The minimum atomic E-state index is -0.303. The lowest BCUT2D eigenvalue weighted by atomic mass is 10.2. The Morgan fingerprint density at radius 1 is 1.57 bits per heavy atom. The monoisotopic (exact) mass is 213 g/mol. The Balaban J connectivity index is 2.91. The summed E-state index contributed by atoms with van der Waals surface area (Å²) >= 11 is 5.79. The molecular formula is C10H12ClNO2. The van der Waals surface area contributed by atoms with Crippen LogP contribution in [0.4, 0.5) is 0 Å². The molecule has 1 aromatic heterocycles. The van der Waals surface area contributed by atoms with Gasteiger partial charge in [0.25, 0.3) is 0 Å². The summed E-state index contributed by atoms with van der Waals surface area (Å²) in [7, 11) is 0. The van der Waals surface area contributed by atoms with Gasteiger partial charge in [0, 0.05) is 6.20 Å². The predicted octanol–water partition coefficient (Wildman–Crippen LogP) is 2.60. The van der Waals surface area contributed by atoms with Gasteiger partial charge in [-0.1, -0.05) is 25.4 Å². The summed E-state index contributed by atoms with van der Waals surface area (Å²) < 4.78 is 5.10. The van der Waals surface area contributed by atoms with Crippen molar-refractivity contribution < 1.29 is 9.53 Å². The number of rotatable bonds is 2. The third-order valence-corrected chi connectivity index (χ3v) is 2.00. The number of hydrogen-bond donors (Lipinski definition) is 0. The van der Waals surface area contributed by atoms with E-state index in [1.807, 2.05) is 6.92 Å². The zero-order chi connectivity index (χ0) is 10.7. The van der Waals surface area contributed by atoms with Crippen LogP contribution in [-0.2, 0) is 4.79 Å². The summed E-state index contributed by atoms with van der Waals surface area (Å²) in [6, 6.07) is 1.74. The maximum absolute atomic E-state index is 11.3. The van der Waals surface area contributed by atoms with Crippen LogP contribution in [0, 0.1) is 12.8 Å². The van der Waals surface area contributed by atoms with E-state index in [4.69, 9.17) is 16.3 Å². The number of aryl methyl sites for hydroxylation is 1. The second-order valence-corrected chi connectivity index (χ2v) is 3.68. The van der Waals surface area contributed by atoms with Gasteiger partial charge in [0.15, 0.2) is 10.9 Å². The fourth-order valence-corrected chi connectivity index (χ4v) is 1.10. The summed E-state index contributed by atoms with van der Waals surface area (Å²) in [5.41, 5.74) is 0.805. The van der Waals surface area contributed by atoms with Crippen molar-refractivity contribution in [3.63, 3.8) is 0 Å². The lowest BCUT2D eigenvalue weighted by Gasteiger charge is -2.09. The minimum Gasteiger partial charge on any atom is -0.423 e. The van der Waals surface area contributed by atoms with Crippen LogP contribution in [0.15, 0.2) is 12.3 Å². The largest absolute Gasteiger partial charge is 0.423 e. The molecule has 1 aromatic rings. The van der Waals surface area contributed by atoms with Crippen LogP contribution in [0.3, 0.4) is 0 Å². The van der Waals surface area contributed by atoms with Crippen molar-refractivity contribution in [2.45, 2.75) is 20.8 Å². The van der Waals surface area contributed by atoms with Crippen molar-refractivity contribution in [1.29, 1.82) is 0 Å². The van der Waals surface area contributed by atoms with E-state index in [0.717, 1.165) is 5.56 Å². The normalized spacial score (nSPS) is 10.4. The number of ether oxygens (including phenoxy) is 1. The molecule has 0 saturated heterocycles. The number of pyridine rings is 1. The maximum Gasteiger partial charge on any atom is 0.313 e. The van der Waals surface area contributed by atoms with Gasteiger partial charge < -0.3 is 4.74 Å². The van der Waals surface area contributed by atoms with E-state index in [2.05, 4.69) is 4.98 Å². The molecule has 0 aromatic carbocycles. The van der Waals surface area contributed by atoms with Crippen molar-refractivity contribution in [3.05, 3.63) is 23.0 Å². The highest BCUT2D eigenvalue weighted by molar-refractivity contribution is 6.31. The average molecular weight is 214 g/mol. The van der Waals surface area contributed by atoms with Gasteiger partial charge in [-0.2, -0.15) is 0 Å². The number of halogens is 1. The van der Waals surface area contributed by atoms with Crippen LogP contribution in [0.5, 0.6) is 5.75 Å². The summed E-state index contributed by atoms with van der Waals surface area (Å²) in [5, 5.41) is 0.221. The second-order valence-electron chi connectivity index (χ2n) is 3.32. The highest BCUT2D eigenvalue weighted by atomic mass is 35.5. The van der Waals surface area contributed by atoms with Crippen LogP contribution in [0.2, 0.25) is 5.15 Å². The highest BCUT2D eigenvalue weighted by Crippen LogP contribution is 2.26. The molecule has 0 spiro atoms. The van der Waals surface area contributed by atoms with Crippen molar-refractivity contribution in [3.8, 4) is 5.75 Å². The number of hydrogen-bond acceptors (Lipinski definition) is 3. The van der Waals surface area contributed by atoms with E-state index >= 15 is 0 Å². The molecule has 1 heterocycles. The molecule has 14 heavy (non-hydrogen) atoms. The molecule has 76 valence electrons. The SMILES string of the molecule is Cc1ccnc(Cl)c1OC(=O)C(C)C. The van der Waals surface area contributed by atoms with Gasteiger partial charge >= 0.3 is 5.97 Å². The predicted molar refractivity (Wildman–Crippen MR) is 54.5 cm³/mol. The summed E-state index contributed by atoms with van der Waals surface area (Å²) in [6.45, 7) is 5.35. The van der Waals surface area contributed by atoms with Crippen LogP contribution in [0.1, 0.15) is 19.4 Å². The fourth-order valence-electron chi connectivity index (χ4n) is 0.853. The van der Waals surface area contributed by atoms with Gasteiger partial charge in [0.1, 0.15) is 0 Å². The van der Waals surface area contributed by atoms with Crippen molar-refractivity contribution in [2.75, 3.05) is 0 Å². The van der Waals surface area contributed by atoms with E-state index in [9.17, 15) is 4.79 Å².